The molecule has 0 unspecified atom stereocenters. The number of aromatic nitrogens is 2. The maximum Gasteiger partial charge on any atom is 0.322 e. The first-order valence-corrected chi connectivity index (χ1v) is 7.96. The zero-order chi connectivity index (χ0) is 16.8. The van der Waals surface area contributed by atoms with Crippen LogP contribution in [0.3, 0.4) is 0 Å². The van der Waals surface area contributed by atoms with Gasteiger partial charge in [0.15, 0.2) is 0 Å². The van der Waals surface area contributed by atoms with Gasteiger partial charge >= 0.3 is 6.03 Å². The molecule has 0 aromatic carbocycles. The van der Waals surface area contributed by atoms with Gasteiger partial charge in [-0.25, -0.2) is 9.78 Å². The summed E-state index contributed by atoms with van der Waals surface area (Å²) in [6.45, 7) is 3.54. The first kappa shape index (κ1) is 16.0. The summed E-state index contributed by atoms with van der Waals surface area (Å²) in [5, 5.41) is 2.85. The van der Waals surface area contributed by atoms with Gasteiger partial charge in [-0.3, -0.25) is 4.98 Å². The third-order valence-electron chi connectivity index (χ3n) is 3.66. The predicted molar refractivity (Wildman–Crippen MR) is 89.3 cm³/mol. The molecule has 1 saturated heterocycles. The van der Waals surface area contributed by atoms with Gasteiger partial charge < -0.3 is 19.7 Å². The molecular formula is C17H20N4O3. The molecule has 7 nitrogen and oxygen atoms in total. The molecule has 1 atom stereocenters. The van der Waals surface area contributed by atoms with E-state index in [1.165, 1.54) is 0 Å². The molecule has 1 aliphatic heterocycles. The molecule has 2 amide bonds. The van der Waals surface area contributed by atoms with Crippen molar-refractivity contribution in [2.75, 3.05) is 25.0 Å². The molecule has 0 bridgehead atoms. The summed E-state index contributed by atoms with van der Waals surface area (Å²) in [5.41, 5.74) is 0.570. The van der Waals surface area contributed by atoms with Crippen molar-refractivity contribution < 1.29 is 14.3 Å². The number of anilines is 1. The van der Waals surface area contributed by atoms with Gasteiger partial charge in [0.25, 0.3) is 0 Å². The molecule has 0 radical (unpaired) electrons. The number of rotatable bonds is 5. The highest BCUT2D eigenvalue weighted by atomic mass is 16.5. The van der Waals surface area contributed by atoms with Gasteiger partial charge in [0.2, 0.25) is 5.88 Å². The number of hydrogen-bond donors (Lipinski definition) is 1. The molecule has 24 heavy (non-hydrogen) atoms. The Kier molecular flexibility index (Phi) is 5.10. The van der Waals surface area contributed by atoms with Crippen molar-refractivity contribution in [1.29, 1.82) is 0 Å². The Labute approximate surface area is 140 Å². The Morgan fingerprint density at radius 3 is 3.04 bits per heavy atom. The van der Waals surface area contributed by atoms with E-state index in [0.717, 1.165) is 12.2 Å². The van der Waals surface area contributed by atoms with Crippen molar-refractivity contribution in [3.05, 3.63) is 42.9 Å². The Bertz CT molecular complexity index is 681. The van der Waals surface area contributed by atoms with Crippen LogP contribution in [0.2, 0.25) is 0 Å². The lowest BCUT2D eigenvalue weighted by Crippen LogP contribution is -2.34. The highest BCUT2D eigenvalue weighted by Crippen LogP contribution is 2.22. The van der Waals surface area contributed by atoms with Gasteiger partial charge in [0, 0.05) is 25.4 Å². The summed E-state index contributed by atoms with van der Waals surface area (Å²) in [7, 11) is 0. The molecule has 0 aliphatic carbocycles. The Morgan fingerprint density at radius 1 is 1.38 bits per heavy atom. The van der Waals surface area contributed by atoms with Gasteiger partial charge in [0.05, 0.1) is 19.3 Å². The normalized spacial score (nSPS) is 16.7. The van der Waals surface area contributed by atoms with Crippen LogP contribution in [-0.4, -0.2) is 46.7 Å². The average molecular weight is 328 g/mol. The van der Waals surface area contributed by atoms with E-state index in [2.05, 4.69) is 15.3 Å². The Hall–Kier alpha value is -2.83. The van der Waals surface area contributed by atoms with E-state index in [1.54, 1.807) is 35.6 Å². The number of likely N-dealkylation sites (tertiary alicyclic amines) is 1. The number of hydrogen-bond acceptors (Lipinski definition) is 5. The molecule has 1 aliphatic rings. The quantitative estimate of drug-likeness (QED) is 0.913. The topological polar surface area (TPSA) is 76.6 Å². The summed E-state index contributed by atoms with van der Waals surface area (Å²) in [5.74, 6) is 1.14. The molecule has 1 N–H and O–H groups in total. The maximum atomic E-state index is 12.4. The largest absolute Gasteiger partial charge is 0.487 e. The highest BCUT2D eigenvalue weighted by molar-refractivity contribution is 5.90. The van der Waals surface area contributed by atoms with Crippen molar-refractivity contribution in [1.82, 2.24) is 14.9 Å². The van der Waals surface area contributed by atoms with Gasteiger partial charge in [-0.15, -0.1) is 0 Å². The van der Waals surface area contributed by atoms with Gasteiger partial charge in [0.1, 0.15) is 17.5 Å². The van der Waals surface area contributed by atoms with Crippen LogP contribution in [-0.2, 0) is 0 Å². The molecule has 7 heteroatoms. The second kappa shape index (κ2) is 7.63. The van der Waals surface area contributed by atoms with Gasteiger partial charge in [-0.1, -0.05) is 0 Å². The van der Waals surface area contributed by atoms with E-state index < -0.39 is 0 Å². The third kappa shape index (κ3) is 3.92. The van der Waals surface area contributed by atoms with Crippen LogP contribution in [0, 0.1) is 0 Å². The second-order valence-electron chi connectivity index (χ2n) is 5.38. The van der Waals surface area contributed by atoms with Crippen molar-refractivity contribution in [3.63, 3.8) is 0 Å². The number of carbonyl (C=O) groups excluding carboxylic acids is 1. The highest BCUT2D eigenvalue weighted by Gasteiger charge is 2.28. The summed E-state index contributed by atoms with van der Waals surface area (Å²) < 4.78 is 11.3. The first-order valence-electron chi connectivity index (χ1n) is 7.96. The van der Waals surface area contributed by atoms with Gasteiger partial charge in [-0.2, -0.15) is 0 Å². The molecule has 1 fully saturated rings. The van der Waals surface area contributed by atoms with Crippen molar-refractivity contribution >= 4 is 11.7 Å². The molecule has 2 aromatic heterocycles. The molecule has 0 saturated carbocycles. The fraction of sp³-hybridized carbons (Fsp3) is 0.353. The minimum atomic E-state index is -0.179. The van der Waals surface area contributed by atoms with Crippen LogP contribution in [0.4, 0.5) is 10.5 Å². The maximum absolute atomic E-state index is 12.4. The fourth-order valence-electron chi connectivity index (χ4n) is 2.55. The van der Waals surface area contributed by atoms with Crippen LogP contribution in [0.1, 0.15) is 13.3 Å². The monoisotopic (exact) mass is 328 g/mol. The lowest BCUT2D eigenvalue weighted by molar-refractivity contribution is 0.194. The van der Waals surface area contributed by atoms with Gasteiger partial charge in [-0.05, 0) is 31.2 Å². The lowest BCUT2D eigenvalue weighted by Gasteiger charge is -2.18. The minimum absolute atomic E-state index is 0.0276. The van der Waals surface area contributed by atoms with Crippen LogP contribution in [0.5, 0.6) is 11.6 Å². The predicted octanol–water partition coefficient (Wildman–Crippen LogP) is 2.56. The number of urea groups is 1. The standard InChI is InChI=1S/C17H20N4O3/c1-2-23-16-15(6-4-9-19-16)20-17(22)21-10-7-14(12-21)24-13-5-3-8-18-11-13/h3-6,8-9,11,14H,2,7,10,12H2,1H3,(H,20,22)/t14-/m1/s1. The summed E-state index contributed by atoms with van der Waals surface area (Å²) in [6.07, 6.45) is 5.76. The smallest absolute Gasteiger partial charge is 0.322 e. The number of nitrogens with zero attached hydrogens (tertiary/aromatic N) is 3. The Balaban J connectivity index is 1.57. The van der Waals surface area contributed by atoms with E-state index in [-0.39, 0.29) is 12.1 Å². The van der Waals surface area contributed by atoms with E-state index in [9.17, 15) is 4.79 Å². The average Bonchev–Trinajstić information content (AvgIpc) is 3.06. The summed E-state index contributed by atoms with van der Waals surface area (Å²) in [4.78, 5) is 22.3. The zero-order valence-electron chi connectivity index (χ0n) is 13.5. The van der Waals surface area contributed by atoms with Crippen LogP contribution >= 0.6 is 0 Å². The first-order chi connectivity index (χ1) is 11.8. The SMILES string of the molecule is CCOc1ncccc1NC(=O)N1CC[C@@H](Oc2cccnc2)C1. The van der Waals surface area contributed by atoms with E-state index in [4.69, 9.17) is 9.47 Å². The number of nitrogens with one attached hydrogen (secondary N) is 1. The fourth-order valence-corrected chi connectivity index (χ4v) is 2.55. The second-order valence-corrected chi connectivity index (χ2v) is 5.38. The number of ether oxygens (including phenoxy) is 2. The minimum Gasteiger partial charge on any atom is -0.487 e. The molecule has 3 heterocycles. The van der Waals surface area contributed by atoms with Crippen LogP contribution in [0.25, 0.3) is 0 Å². The molecule has 0 spiro atoms. The number of pyridine rings is 2. The van der Waals surface area contributed by atoms with E-state index >= 15 is 0 Å². The number of carbonyl (C=O) groups is 1. The van der Waals surface area contributed by atoms with E-state index in [0.29, 0.717) is 31.3 Å². The lowest BCUT2D eigenvalue weighted by atomic mass is 10.3. The summed E-state index contributed by atoms with van der Waals surface area (Å²) >= 11 is 0. The van der Waals surface area contributed by atoms with Crippen molar-refractivity contribution in [2.45, 2.75) is 19.4 Å². The molecular weight excluding hydrogens is 308 g/mol. The third-order valence-corrected chi connectivity index (χ3v) is 3.66. The van der Waals surface area contributed by atoms with E-state index in [1.807, 2.05) is 19.1 Å². The van der Waals surface area contributed by atoms with Crippen LogP contribution in [0.15, 0.2) is 42.9 Å². The number of amides is 2. The van der Waals surface area contributed by atoms with Crippen molar-refractivity contribution in [3.8, 4) is 11.6 Å². The zero-order valence-corrected chi connectivity index (χ0v) is 13.5. The summed E-state index contributed by atoms with van der Waals surface area (Å²) in [6, 6.07) is 7.04. The molecule has 2 aromatic rings. The molecule has 3 rings (SSSR count). The van der Waals surface area contributed by atoms with Crippen molar-refractivity contribution in [2.24, 2.45) is 0 Å². The Morgan fingerprint density at radius 2 is 2.25 bits per heavy atom. The molecule has 126 valence electrons. The van der Waals surface area contributed by atoms with Crippen LogP contribution < -0.4 is 14.8 Å².